The number of Topliss-reactive ketones (excluding diaryl/α,β-unsaturated/α-hetero) is 1. The summed E-state index contributed by atoms with van der Waals surface area (Å²) in [4.78, 5) is 24.1. The molecule has 4 nitrogen and oxygen atoms in total. The molecule has 0 aliphatic carbocycles. The highest BCUT2D eigenvalue weighted by atomic mass is 16.2. The Hall–Kier alpha value is -2.88. The van der Waals surface area contributed by atoms with Crippen LogP contribution in [0.15, 0.2) is 48.7 Å². The second kappa shape index (κ2) is 6.93. The summed E-state index contributed by atoms with van der Waals surface area (Å²) in [5, 5.41) is 0. The standard InChI is InChI=1S/C21H22N2O2/c1-3-8-16-11-7-12-23-17(13-15-9-5-4-6-10-15)14(2)18(19(16)23)20(24)21(22)25/h4-7,9-12H,3,8,13H2,1-2H3,(H2,22,25). The summed E-state index contributed by atoms with van der Waals surface area (Å²) in [5.41, 5.74) is 10.6. The van der Waals surface area contributed by atoms with Crippen LogP contribution in [-0.4, -0.2) is 16.1 Å². The Bertz CT molecular complexity index is 939. The van der Waals surface area contributed by atoms with E-state index in [1.165, 1.54) is 0 Å². The third kappa shape index (κ3) is 3.07. The summed E-state index contributed by atoms with van der Waals surface area (Å²) in [6.45, 7) is 4.00. The van der Waals surface area contributed by atoms with Gasteiger partial charge in [-0.2, -0.15) is 0 Å². The number of ketones is 1. The van der Waals surface area contributed by atoms with Gasteiger partial charge in [-0.25, -0.2) is 0 Å². The van der Waals surface area contributed by atoms with Crippen molar-refractivity contribution in [2.24, 2.45) is 5.73 Å². The van der Waals surface area contributed by atoms with Gasteiger partial charge in [0.2, 0.25) is 0 Å². The molecule has 0 aliphatic rings. The largest absolute Gasteiger partial charge is 0.363 e. The zero-order valence-electron chi connectivity index (χ0n) is 14.6. The molecule has 1 amide bonds. The van der Waals surface area contributed by atoms with E-state index in [0.29, 0.717) is 12.0 Å². The summed E-state index contributed by atoms with van der Waals surface area (Å²) in [7, 11) is 0. The maximum Gasteiger partial charge on any atom is 0.289 e. The van der Waals surface area contributed by atoms with Crippen LogP contribution in [-0.2, 0) is 17.6 Å². The first kappa shape index (κ1) is 17.0. The van der Waals surface area contributed by atoms with Crippen LogP contribution in [0.3, 0.4) is 0 Å². The lowest BCUT2D eigenvalue weighted by atomic mass is 10.00. The quantitative estimate of drug-likeness (QED) is 0.554. The van der Waals surface area contributed by atoms with Gasteiger partial charge in [-0.3, -0.25) is 9.59 Å². The van der Waals surface area contributed by atoms with Crippen LogP contribution in [0.4, 0.5) is 0 Å². The maximum absolute atomic E-state index is 12.5. The van der Waals surface area contributed by atoms with Crippen LogP contribution in [0, 0.1) is 6.92 Å². The average Bonchev–Trinajstić information content (AvgIpc) is 2.88. The number of nitrogens with zero attached hydrogens (tertiary/aromatic N) is 1. The average molecular weight is 334 g/mol. The third-order valence-electron chi connectivity index (χ3n) is 4.60. The van der Waals surface area contributed by atoms with Gasteiger partial charge < -0.3 is 10.1 Å². The number of aryl methyl sites for hydroxylation is 1. The molecule has 128 valence electrons. The Labute approximate surface area is 147 Å². The van der Waals surface area contributed by atoms with E-state index in [4.69, 9.17) is 5.73 Å². The van der Waals surface area contributed by atoms with Gasteiger partial charge in [0.25, 0.3) is 11.7 Å². The highest BCUT2D eigenvalue weighted by Crippen LogP contribution is 2.29. The van der Waals surface area contributed by atoms with Crippen molar-refractivity contribution in [2.45, 2.75) is 33.1 Å². The highest BCUT2D eigenvalue weighted by molar-refractivity contribution is 6.44. The molecule has 0 radical (unpaired) electrons. The Morgan fingerprint density at radius 3 is 2.44 bits per heavy atom. The molecule has 0 saturated heterocycles. The van der Waals surface area contributed by atoms with E-state index < -0.39 is 11.7 Å². The summed E-state index contributed by atoms with van der Waals surface area (Å²) in [6.07, 6.45) is 4.45. The number of aromatic nitrogens is 1. The molecule has 1 aromatic carbocycles. The maximum atomic E-state index is 12.5. The van der Waals surface area contributed by atoms with E-state index in [1.807, 2.05) is 47.9 Å². The Morgan fingerprint density at radius 2 is 1.80 bits per heavy atom. The lowest BCUT2D eigenvalue weighted by Crippen LogP contribution is -2.23. The van der Waals surface area contributed by atoms with E-state index in [9.17, 15) is 9.59 Å². The van der Waals surface area contributed by atoms with E-state index in [0.717, 1.165) is 40.7 Å². The minimum absolute atomic E-state index is 0.447. The molecule has 0 atom stereocenters. The van der Waals surface area contributed by atoms with Crippen LogP contribution in [0.2, 0.25) is 0 Å². The lowest BCUT2D eigenvalue weighted by Gasteiger charge is -2.08. The van der Waals surface area contributed by atoms with Crippen molar-refractivity contribution in [1.29, 1.82) is 0 Å². The fourth-order valence-electron chi connectivity index (χ4n) is 3.44. The second-order valence-electron chi connectivity index (χ2n) is 6.30. The number of carbonyl (C=O) groups excluding carboxylic acids is 2. The van der Waals surface area contributed by atoms with Gasteiger partial charge in [-0.1, -0.05) is 49.7 Å². The molecule has 3 aromatic rings. The van der Waals surface area contributed by atoms with Crippen molar-refractivity contribution < 1.29 is 9.59 Å². The summed E-state index contributed by atoms with van der Waals surface area (Å²) >= 11 is 0. The van der Waals surface area contributed by atoms with Gasteiger partial charge in [0.05, 0.1) is 11.1 Å². The molecule has 0 saturated carbocycles. The van der Waals surface area contributed by atoms with Crippen molar-refractivity contribution in [3.8, 4) is 0 Å². The van der Waals surface area contributed by atoms with Gasteiger partial charge in [0.15, 0.2) is 0 Å². The number of pyridine rings is 1. The number of amides is 1. The SMILES string of the molecule is CCCc1cccn2c(Cc3ccccc3)c(C)c(C(=O)C(N)=O)c12. The van der Waals surface area contributed by atoms with Crippen molar-refractivity contribution in [3.63, 3.8) is 0 Å². The molecule has 4 heteroatoms. The monoisotopic (exact) mass is 334 g/mol. The van der Waals surface area contributed by atoms with Gasteiger partial charge >= 0.3 is 0 Å². The highest BCUT2D eigenvalue weighted by Gasteiger charge is 2.25. The van der Waals surface area contributed by atoms with Crippen LogP contribution >= 0.6 is 0 Å². The normalized spacial score (nSPS) is 11.0. The minimum atomic E-state index is -0.909. The molecular weight excluding hydrogens is 312 g/mol. The van der Waals surface area contributed by atoms with Crippen molar-refractivity contribution in [3.05, 3.63) is 76.6 Å². The van der Waals surface area contributed by atoms with Crippen molar-refractivity contribution >= 4 is 17.2 Å². The number of nitrogens with two attached hydrogens (primary N) is 1. The van der Waals surface area contributed by atoms with E-state index in [-0.39, 0.29) is 0 Å². The van der Waals surface area contributed by atoms with Crippen LogP contribution in [0.25, 0.3) is 5.52 Å². The molecule has 0 unspecified atom stereocenters. The smallest absolute Gasteiger partial charge is 0.289 e. The van der Waals surface area contributed by atoms with E-state index in [1.54, 1.807) is 0 Å². The predicted molar refractivity (Wildman–Crippen MR) is 98.9 cm³/mol. The molecule has 2 N–H and O–H groups in total. The molecule has 25 heavy (non-hydrogen) atoms. The summed E-state index contributed by atoms with van der Waals surface area (Å²) in [5.74, 6) is -1.52. The Balaban J connectivity index is 2.27. The molecule has 3 rings (SSSR count). The van der Waals surface area contributed by atoms with Crippen LogP contribution < -0.4 is 5.73 Å². The summed E-state index contributed by atoms with van der Waals surface area (Å²) < 4.78 is 2.05. The molecular formula is C21H22N2O2. The Kier molecular flexibility index (Phi) is 4.70. The summed E-state index contributed by atoms with van der Waals surface area (Å²) in [6, 6.07) is 14.1. The number of benzene rings is 1. The van der Waals surface area contributed by atoms with Gasteiger partial charge in [-0.15, -0.1) is 0 Å². The number of primary amides is 1. The number of hydrogen-bond acceptors (Lipinski definition) is 2. The topological polar surface area (TPSA) is 64.6 Å². The third-order valence-corrected chi connectivity index (χ3v) is 4.60. The van der Waals surface area contributed by atoms with Crippen LogP contribution in [0.5, 0.6) is 0 Å². The zero-order valence-corrected chi connectivity index (χ0v) is 14.6. The van der Waals surface area contributed by atoms with Gasteiger partial charge in [0, 0.05) is 18.3 Å². The van der Waals surface area contributed by atoms with Crippen molar-refractivity contribution in [1.82, 2.24) is 4.40 Å². The molecule has 0 aliphatic heterocycles. The minimum Gasteiger partial charge on any atom is -0.363 e. The van der Waals surface area contributed by atoms with Crippen molar-refractivity contribution in [2.75, 3.05) is 0 Å². The first-order valence-corrected chi connectivity index (χ1v) is 8.54. The first-order chi connectivity index (χ1) is 12.0. The molecule has 0 fully saturated rings. The van der Waals surface area contributed by atoms with Crippen LogP contribution in [0.1, 0.15) is 46.1 Å². The molecule has 2 heterocycles. The van der Waals surface area contributed by atoms with E-state index in [2.05, 4.69) is 19.1 Å². The molecule has 2 aromatic heterocycles. The fraction of sp³-hybridized carbons (Fsp3) is 0.238. The fourth-order valence-corrected chi connectivity index (χ4v) is 3.44. The Morgan fingerprint density at radius 1 is 1.08 bits per heavy atom. The van der Waals surface area contributed by atoms with E-state index >= 15 is 0 Å². The molecule has 0 spiro atoms. The zero-order chi connectivity index (χ0) is 18.0. The predicted octanol–water partition coefficient (Wildman–Crippen LogP) is 3.46. The first-order valence-electron chi connectivity index (χ1n) is 8.54. The second-order valence-corrected chi connectivity index (χ2v) is 6.30. The number of carbonyl (C=O) groups is 2. The number of hydrogen-bond donors (Lipinski definition) is 1. The molecule has 0 bridgehead atoms. The number of fused-ring (bicyclic) bond motifs is 1. The van der Waals surface area contributed by atoms with Gasteiger partial charge in [-0.05, 0) is 36.1 Å². The lowest BCUT2D eigenvalue weighted by molar-refractivity contribution is -0.114. The number of rotatable bonds is 6. The van der Waals surface area contributed by atoms with Gasteiger partial charge in [0.1, 0.15) is 0 Å².